The van der Waals surface area contributed by atoms with Crippen molar-refractivity contribution in [1.29, 1.82) is 0 Å². The van der Waals surface area contributed by atoms with Crippen LogP contribution in [0.5, 0.6) is 0 Å². The van der Waals surface area contributed by atoms with Gasteiger partial charge in [0.15, 0.2) is 11.6 Å². The largest absolute Gasteiger partial charge is 0.389 e. The molecule has 1 aromatic carbocycles. The highest BCUT2D eigenvalue weighted by molar-refractivity contribution is 7.80. The Labute approximate surface area is 128 Å². The van der Waals surface area contributed by atoms with Crippen molar-refractivity contribution in [2.75, 3.05) is 11.9 Å². The van der Waals surface area contributed by atoms with Crippen molar-refractivity contribution in [3.63, 3.8) is 0 Å². The van der Waals surface area contributed by atoms with Crippen LogP contribution in [-0.4, -0.2) is 23.5 Å². The van der Waals surface area contributed by atoms with E-state index in [1.165, 1.54) is 12.1 Å². The molecule has 0 spiro atoms. The average molecular weight is 315 g/mol. The number of nitrogens with one attached hydrogen (secondary N) is 2. The molecule has 1 unspecified atom stereocenters. The van der Waals surface area contributed by atoms with Gasteiger partial charge >= 0.3 is 0 Å². The van der Waals surface area contributed by atoms with Crippen LogP contribution < -0.4 is 16.4 Å². The zero-order valence-electron chi connectivity index (χ0n) is 12.2. The smallest absolute Gasteiger partial charge is 0.242 e. The maximum absolute atomic E-state index is 13.9. The van der Waals surface area contributed by atoms with Crippen LogP contribution in [0.2, 0.25) is 0 Å². The third kappa shape index (κ3) is 4.63. The molecule has 116 valence electrons. The standard InChI is InChI=1S/C14H19F2N3OS/c1-7(2)6-18-14(20)8(3)19-10-5-4-9(13(17)21)11(15)12(10)16/h4-5,7-8,19H,6H2,1-3H3,(H2,17,21)(H,18,20). The summed E-state index contributed by atoms with van der Waals surface area (Å²) in [4.78, 5) is 11.6. The fourth-order valence-electron chi connectivity index (χ4n) is 1.61. The lowest BCUT2D eigenvalue weighted by Crippen LogP contribution is -2.39. The number of hydrogen-bond donors (Lipinski definition) is 3. The first kappa shape index (κ1) is 17.3. The number of hydrogen-bond acceptors (Lipinski definition) is 3. The molecule has 7 heteroatoms. The van der Waals surface area contributed by atoms with Crippen molar-refractivity contribution >= 4 is 28.8 Å². The highest BCUT2D eigenvalue weighted by atomic mass is 32.1. The average Bonchev–Trinajstić information content (AvgIpc) is 2.40. The molecule has 0 saturated carbocycles. The highest BCUT2D eigenvalue weighted by Crippen LogP contribution is 2.21. The number of nitrogens with two attached hydrogens (primary N) is 1. The lowest BCUT2D eigenvalue weighted by atomic mass is 10.1. The van der Waals surface area contributed by atoms with Gasteiger partial charge in [-0.1, -0.05) is 26.1 Å². The van der Waals surface area contributed by atoms with Crippen LogP contribution >= 0.6 is 12.2 Å². The van der Waals surface area contributed by atoms with E-state index >= 15 is 0 Å². The van der Waals surface area contributed by atoms with Gasteiger partial charge in [-0.2, -0.15) is 0 Å². The second-order valence-electron chi connectivity index (χ2n) is 5.16. The molecule has 0 aliphatic carbocycles. The molecule has 1 amide bonds. The summed E-state index contributed by atoms with van der Waals surface area (Å²) in [7, 11) is 0. The first-order valence-corrected chi connectivity index (χ1v) is 6.97. The molecule has 1 aromatic rings. The minimum Gasteiger partial charge on any atom is -0.389 e. The SMILES string of the molecule is CC(C)CNC(=O)C(C)Nc1ccc(C(N)=S)c(F)c1F. The van der Waals surface area contributed by atoms with Crippen LogP contribution in [0.4, 0.5) is 14.5 Å². The highest BCUT2D eigenvalue weighted by Gasteiger charge is 2.19. The molecule has 1 atom stereocenters. The molecule has 0 fully saturated rings. The molecular formula is C14H19F2N3OS. The molecule has 0 saturated heterocycles. The molecular weight excluding hydrogens is 296 g/mol. The Morgan fingerprint density at radius 3 is 2.43 bits per heavy atom. The zero-order chi connectivity index (χ0) is 16.2. The van der Waals surface area contributed by atoms with E-state index in [0.717, 1.165) is 0 Å². The number of anilines is 1. The summed E-state index contributed by atoms with van der Waals surface area (Å²) in [6, 6.07) is 1.88. The van der Waals surface area contributed by atoms with Gasteiger partial charge in [-0.25, -0.2) is 8.78 Å². The summed E-state index contributed by atoms with van der Waals surface area (Å²) in [6.45, 7) is 6.00. The van der Waals surface area contributed by atoms with Gasteiger partial charge < -0.3 is 16.4 Å². The van der Waals surface area contributed by atoms with Crippen molar-refractivity contribution in [1.82, 2.24) is 5.32 Å². The van der Waals surface area contributed by atoms with E-state index in [9.17, 15) is 13.6 Å². The van der Waals surface area contributed by atoms with Crippen LogP contribution in [-0.2, 0) is 4.79 Å². The van der Waals surface area contributed by atoms with Gasteiger partial charge in [0.25, 0.3) is 0 Å². The molecule has 4 N–H and O–H groups in total. The topological polar surface area (TPSA) is 67.2 Å². The molecule has 0 aromatic heterocycles. The minimum atomic E-state index is -1.12. The normalized spacial score (nSPS) is 12.1. The van der Waals surface area contributed by atoms with Gasteiger partial charge in [0.2, 0.25) is 5.91 Å². The first-order chi connectivity index (χ1) is 9.73. The van der Waals surface area contributed by atoms with Crippen LogP contribution in [0.25, 0.3) is 0 Å². The Balaban J connectivity index is 2.81. The summed E-state index contributed by atoms with van der Waals surface area (Å²) in [5.41, 5.74) is 5.02. The lowest BCUT2D eigenvalue weighted by molar-refractivity contribution is -0.121. The molecule has 4 nitrogen and oxygen atoms in total. The van der Waals surface area contributed by atoms with Crippen molar-refractivity contribution in [2.24, 2.45) is 11.7 Å². The number of thiocarbonyl (C=S) groups is 1. The summed E-state index contributed by atoms with van der Waals surface area (Å²) in [5.74, 6) is -2.21. The quantitative estimate of drug-likeness (QED) is 0.704. The van der Waals surface area contributed by atoms with E-state index in [1.54, 1.807) is 6.92 Å². The zero-order valence-corrected chi connectivity index (χ0v) is 13.0. The third-order valence-corrected chi connectivity index (χ3v) is 3.02. The van der Waals surface area contributed by atoms with Gasteiger partial charge in [-0.3, -0.25) is 4.79 Å². The number of carbonyl (C=O) groups is 1. The fourth-order valence-corrected chi connectivity index (χ4v) is 1.77. The van der Waals surface area contributed by atoms with Crippen molar-refractivity contribution < 1.29 is 13.6 Å². The number of halogens is 2. The van der Waals surface area contributed by atoms with E-state index in [2.05, 4.69) is 22.9 Å². The molecule has 1 rings (SSSR count). The summed E-state index contributed by atoms with van der Waals surface area (Å²) < 4.78 is 27.6. The van der Waals surface area contributed by atoms with Crippen LogP contribution in [0, 0.1) is 17.6 Å². The molecule has 0 aliphatic rings. The van der Waals surface area contributed by atoms with Gasteiger partial charge in [0, 0.05) is 12.1 Å². The van der Waals surface area contributed by atoms with E-state index in [1.807, 2.05) is 13.8 Å². The van der Waals surface area contributed by atoms with Gasteiger partial charge in [0.1, 0.15) is 11.0 Å². The molecule has 0 bridgehead atoms. The van der Waals surface area contributed by atoms with Crippen molar-refractivity contribution in [3.8, 4) is 0 Å². The Kier molecular flexibility index (Phi) is 6.02. The summed E-state index contributed by atoms with van der Waals surface area (Å²) >= 11 is 4.63. The van der Waals surface area contributed by atoms with Crippen molar-refractivity contribution in [3.05, 3.63) is 29.3 Å². The molecule has 21 heavy (non-hydrogen) atoms. The maximum Gasteiger partial charge on any atom is 0.242 e. The predicted octanol–water partition coefficient (Wildman–Crippen LogP) is 2.17. The van der Waals surface area contributed by atoms with Crippen LogP contribution in [0.3, 0.4) is 0 Å². The number of benzene rings is 1. The van der Waals surface area contributed by atoms with Gasteiger partial charge in [0.05, 0.1) is 5.69 Å². The second-order valence-corrected chi connectivity index (χ2v) is 5.60. The summed E-state index contributed by atoms with van der Waals surface area (Å²) in [5, 5.41) is 5.34. The van der Waals surface area contributed by atoms with E-state index in [4.69, 9.17) is 5.73 Å². The van der Waals surface area contributed by atoms with Gasteiger partial charge in [-0.05, 0) is 25.0 Å². The Morgan fingerprint density at radius 1 is 1.29 bits per heavy atom. The maximum atomic E-state index is 13.9. The summed E-state index contributed by atoms with van der Waals surface area (Å²) in [6.07, 6.45) is 0. The predicted molar refractivity (Wildman–Crippen MR) is 83.2 cm³/mol. The fraction of sp³-hybridized carbons (Fsp3) is 0.429. The second kappa shape index (κ2) is 7.31. The lowest BCUT2D eigenvalue weighted by Gasteiger charge is -2.17. The third-order valence-electron chi connectivity index (χ3n) is 2.80. The van der Waals surface area contributed by atoms with Gasteiger partial charge in [-0.15, -0.1) is 0 Å². The Bertz CT molecular complexity index is 549. The number of amides is 1. The van der Waals surface area contributed by atoms with E-state index < -0.39 is 17.7 Å². The van der Waals surface area contributed by atoms with E-state index in [0.29, 0.717) is 12.5 Å². The monoisotopic (exact) mass is 315 g/mol. The van der Waals surface area contributed by atoms with Crippen LogP contribution in [0.15, 0.2) is 12.1 Å². The molecule has 0 heterocycles. The molecule has 0 radical (unpaired) electrons. The van der Waals surface area contributed by atoms with Crippen LogP contribution in [0.1, 0.15) is 26.3 Å². The minimum absolute atomic E-state index is 0.111. The Hall–Kier alpha value is -1.76. The number of carbonyl (C=O) groups excluding carboxylic acids is 1. The first-order valence-electron chi connectivity index (χ1n) is 6.56. The Morgan fingerprint density at radius 2 is 1.90 bits per heavy atom. The number of rotatable bonds is 6. The molecule has 0 aliphatic heterocycles. The van der Waals surface area contributed by atoms with Crippen molar-refractivity contribution in [2.45, 2.75) is 26.8 Å². The van der Waals surface area contributed by atoms with E-state index in [-0.39, 0.29) is 22.1 Å².